The molecule has 0 bridgehead atoms. The number of benzene rings is 2. The Hall–Kier alpha value is -3.02. The maximum absolute atomic E-state index is 12.6. The lowest BCUT2D eigenvalue weighted by Crippen LogP contribution is -2.43. The fraction of sp³-hybridized carbons (Fsp3) is 0.481. The van der Waals surface area contributed by atoms with E-state index in [1.165, 1.54) is 5.56 Å². The van der Waals surface area contributed by atoms with Gasteiger partial charge in [0.1, 0.15) is 11.4 Å². The first-order chi connectivity index (χ1) is 15.9. The summed E-state index contributed by atoms with van der Waals surface area (Å²) in [5.41, 5.74) is 1.83. The summed E-state index contributed by atoms with van der Waals surface area (Å²) < 4.78 is 16.4. The Morgan fingerprint density at radius 2 is 1.82 bits per heavy atom. The van der Waals surface area contributed by atoms with Crippen LogP contribution in [0.2, 0.25) is 0 Å². The molecule has 3 rings (SSSR count). The molecule has 6 nitrogen and oxygen atoms in total. The van der Waals surface area contributed by atoms with E-state index in [1.807, 2.05) is 55.1 Å². The monoisotopic (exact) mass is 453 g/mol. The standard InChI is InChI=1S/C27H35NO5/c1-4-31-25(29)16-10-18-32-23-15-8-13-21(19-23)14-9-17-28-24(27(2,3)33-26(28)30)20-22-11-6-5-7-12-22/h5-8,11-13,15,19,24H,4,9-10,14,16-18,20H2,1-3H3/t24-/m0/s1. The first-order valence-electron chi connectivity index (χ1n) is 11.8. The number of aryl methyl sites for hydroxylation is 1. The first-order valence-corrected chi connectivity index (χ1v) is 11.8. The van der Waals surface area contributed by atoms with E-state index >= 15 is 0 Å². The molecular formula is C27H35NO5. The van der Waals surface area contributed by atoms with Crippen molar-refractivity contribution in [1.82, 2.24) is 4.90 Å². The molecule has 0 saturated carbocycles. The smallest absolute Gasteiger partial charge is 0.410 e. The molecule has 0 unspecified atom stereocenters. The van der Waals surface area contributed by atoms with Crippen LogP contribution in [0.25, 0.3) is 0 Å². The number of carbonyl (C=O) groups is 2. The molecule has 0 N–H and O–H groups in total. The molecule has 1 amide bonds. The molecule has 6 heteroatoms. The summed E-state index contributed by atoms with van der Waals surface area (Å²) in [7, 11) is 0. The highest BCUT2D eigenvalue weighted by atomic mass is 16.6. The van der Waals surface area contributed by atoms with Crippen LogP contribution in [0.15, 0.2) is 54.6 Å². The summed E-state index contributed by atoms with van der Waals surface area (Å²) in [5.74, 6) is 0.601. The summed E-state index contributed by atoms with van der Waals surface area (Å²) in [5, 5.41) is 0. The van der Waals surface area contributed by atoms with Crippen molar-refractivity contribution in [2.75, 3.05) is 19.8 Å². The maximum Gasteiger partial charge on any atom is 0.410 e. The third kappa shape index (κ3) is 7.24. The van der Waals surface area contributed by atoms with Crippen LogP contribution >= 0.6 is 0 Å². The summed E-state index contributed by atoms with van der Waals surface area (Å²) in [4.78, 5) is 25.9. The molecule has 0 aliphatic carbocycles. The Morgan fingerprint density at radius 1 is 1.06 bits per heavy atom. The van der Waals surface area contributed by atoms with Gasteiger partial charge in [-0.3, -0.25) is 4.79 Å². The summed E-state index contributed by atoms with van der Waals surface area (Å²) in [6.07, 6.45) is 3.19. The molecule has 2 aromatic rings. The van der Waals surface area contributed by atoms with Crippen molar-refractivity contribution in [3.63, 3.8) is 0 Å². The predicted molar refractivity (Wildman–Crippen MR) is 127 cm³/mol. The van der Waals surface area contributed by atoms with Crippen LogP contribution in [0.3, 0.4) is 0 Å². The van der Waals surface area contributed by atoms with Gasteiger partial charge in [0, 0.05) is 13.0 Å². The molecule has 33 heavy (non-hydrogen) atoms. The van der Waals surface area contributed by atoms with Crippen LogP contribution in [0, 0.1) is 0 Å². The van der Waals surface area contributed by atoms with Crippen LogP contribution < -0.4 is 4.74 Å². The zero-order valence-corrected chi connectivity index (χ0v) is 19.9. The van der Waals surface area contributed by atoms with Gasteiger partial charge in [0.2, 0.25) is 0 Å². The van der Waals surface area contributed by atoms with Gasteiger partial charge in [-0.05, 0) is 69.7 Å². The van der Waals surface area contributed by atoms with E-state index in [-0.39, 0.29) is 18.1 Å². The summed E-state index contributed by atoms with van der Waals surface area (Å²) >= 11 is 0. The van der Waals surface area contributed by atoms with Gasteiger partial charge < -0.3 is 19.1 Å². The molecule has 0 spiro atoms. The number of cyclic esters (lactones) is 1. The van der Waals surface area contributed by atoms with E-state index < -0.39 is 5.60 Å². The topological polar surface area (TPSA) is 65.1 Å². The van der Waals surface area contributed by atoms with Crippen molar-refractivity contribution in [2.24, 2.45) is 0 Å². The van der Waals surface area contributed by atoms with Crippen molar-refractivity contribution < 1.29 is 23.8 Å². The van der Waals surface area contributed by atoms with Gasteiger partial charge in [-0.2, -0.15) is 0 Å². The second kappa shape index (κ2) is 11.7. The quantitative estimate of drug-likeness (QED) is 0.327. The highest BCUT2D eigenvalue weighted by Crippen LogP contribution is 2.32. The zero-order valence-electron chi connectivity index (χ0n) is 19.9. The number of rotatable bonds is 12. The second-order valence-corrected chi connectivity index (χ2v) is 8.88. The minimum Gasteiger partial charge on any atom is -0.494 e. The molecule has 2 aromatic carbocycles. The van der Waals surface area contributed by atoms with E-state index in [9.17, 15) is 9.59 Å². The zero-order chi connectivity index (χ0) is 23.7. The Morgan fingerprint density at radius 3 is 2.58 bits per heavy atom. The predicted octanol–water partition coefficient (Wildman–Crippen LogP) is 5.18. The number of hydrogen-bond donors (Lipinski definition) is 0. The lowest BCUT2D eigenvalue weighted by Gasteiger charge is -2.29. The number of nitrogens with zero attached hydrogens (tertiary/aromatic N) is 1. The fourth-order valence-corrected chi connectivity index (χ4v) is 4.18. The Kier molecular flexibility index (Phi) is 8.75. The summed E-state index contributed by atoms with van der Waals surface area (Å²) in [6, 6.07) is 18.2. The van der Waals surface area contributed by atoms with Gasteiger partial charge in [-0.1, -0.05) is 42.5 Å². The van der Waals surface area contributed by atoms with Gasteiger partial charge in [-0.25, -0.2) is 4.79 Å². The fourth-order valence-electron chi connectivity index (χ4n) is 4.18. The molecule has 0 aromatic heterocycles. The van der Waals surface area contributed by atoms with Crippen molar-refractivity contribution in [3.8, 4) is 5.75 Å². The van der Waals surface area contributed by atoms with Crippen LogP contribution in [-0.4, -0.2) is 48.4 Å². The molecule has 1 saturated heterocycles. The van der Waals surface area contributed by atoms with Crippen molar-refractivity contribution >= 4 is 12.1 Å². The number of amides is 1. The van der Waals surface area contributed by atoms with Crippen LogP contribution in [0.1, 0.15) is 51.2 Å². The molecule has 1 atom stereocenters. The molecule has 0 radical (unpaired) electrons. The minimum atomic E-state index is -0.524. The minimum absolute atomic E-state index is 0.00136. The number of hydrogen-bond acceptors (Lipinski definition) is 5. The SMILES string of the molecule is CCOC(=O)CCCOc1cccc(CCCN2C(=O)OC(C)(C)[C@@H]2Cc2ccccc2)c1. The number of esters is 1. The lowest BCUT2D eigenvalue weighted by molar-refractivity contribution is -0.143. The lowest BCUT2D eigenvalue weighted by atomic mass is 9.92. The second-order valence-electron chi connectivity index (χ2n) is 8.88. The Bertz CT molecular complexity index is 912. The van der Waals surface area contributed by atoms with Gasteiger partial charge >= 0.3 is 12.1 Å². The largest absolute Gasteiger partial charge is 0.494 e. The van der Waals surface area contributed by atoms with Gasteiger partial charge in [-0.15, -0.1) is 0 Å². The van der Waals surface area contributed by atoms with Crippen LogP contribution in [-0.2, 0) is 27.1 Å². The van der Waals surface area contributed by atoms with Crippen molar-refractivity contribution in [1.29, 1.82) is 0 Å². The highest BCUT2D eigenvalue weighted by molar-refractivity contribution is 5.71. The first kappa shape index (κ1) is 24.6. The Balaban J connectivity index is 1.50. The average Bonchev–Trinajstić information content (AvgIpc) is 3.00. The molecule has 178 valence electrons. The maximum atomic E-state index is 12.6. The van der Waals surface area contributed by atoms with E-state index in [0.717, 1.165) is 30.6 Å². The van der Waals surface area contributed by atoms with E-state index in [2.05, 4.69) is 18.2 Å². The number of carbonyl (C=O) groups excluding carboxylic acids is 2. The number of ether oxygens (including phenoxy) is 3. The van der Waals surface area contributed by atoms with Gasteiger partial charge in [0.15, 0.2) is 0 Å². The van der Waals surface area contributed by atoms with Crippen LogP contribution in [0.5, 0.6) is 5.75 Å². The van der Waals surface area contributed by atoms with Crippen molar-refractivity contribution in [3.05, 3.63) is 65.7 Å². The van der Waals surface area contributed by atoms with E-state index in [4.69, 9.17) is 14.2 Å². The van der Waals surface area contributed by atoms with E-state index in [0.29, 0.717) is 32.6 Å². The third-order valence-electron chi connectivity index (χ3n) is 5.90. The van der Waals surface area contributed by atoms with E-state index in [1.54, 1.807) is 6.92 Å². The molecule has 1 aliphatic rings. The molecular weight excluding hydrogens is 418 g/mol. The van der Waals surface area contributed by atoms with Gasteiger partial charge in [0.25, 0.3) is 0 Å². The van der Waals surface area contributed by atoms with Gasteiger partial charge in [0.05, 0.1) is 19.3 Å². The summed E-state index contributed by atoms with van der Waals surface area (Å²) in [6.45, 7) is 7.29. The normalized spacial score (nSPS) is 17.0. The average molecular weight is 454 g/mol. The molecule has 1 heterocycles. The molecule has 1 fully saturated rings. The molecule has 1 aliphatic heterocycles. The van der Waals surface area contributed by atoms with Crippen LogP contribution in [0.4, 0.5) is 4.79 Å². The third-order valence-corrected chi connectivity index (χ3v) is 5.90. The highest BCUT2D eigenvalue weighted by Gasteiger charge is 2.47. The van der Waals surface area contributed by atoms with Crippen molar-refractivity contribution in [2.45, 2.75) is 64.5 Å². The Labute approximate surface area is 196 Å².